The summed E-state index contributed by atoms with van der Waals surface area (Å²) < 4.78 is 4.27. The van der Waals surface area contributed by atoms with E-state index in [-0.39, 0.29) is 0 Å². The molecule has 0 bridgehead atoms. The molecule has 0 aliphatic heterocycles. The van der Waals surface area contributed by atoms with Gasteiger partial charge in [0.05, 0.1) is 13.1 Å². The fourth-order valence-electron chi connectivity index (χ4n) is 8.13. The van der Waals surface area contributed by atoms with Crippen LogP contribution in [0.2, 0.25) is 0 Å². The number of hydrogen-bond acceptors (Lipinski definition) is 2. The zero-order chi connectivity index (χ0) is 34.7. The zero-order valence-electron chi connectivity index (χ0n) is 30.8. The first-order chi connectivity index (χ1) is 24.6. The number of aromatic nitrogens is 2. The third-order valence-corrected chi connectivity index (χ3v) is 11.0. The number of rotatable bonds is 22. The Hall–Kier alpha value is -3.92. The molecule has 0 amide bonds. The molecule has 0 N–H and O–H groups in total. The number of unbranched alkanes of at least 4 members (excludes halogenated alkanes) is 14. The lowest BCUT2D eigenvalue weighted by Gasteiger charge is -2.11. The van der Waals surface area contributed by atoms with Crippen LogP contribution >= 0.6 is 0 Å². The third-order valence-electron chi connectivity index (χ3n) is 11.0. The summed E-state index contributed by atoms with van der Waals surface area (Å²) in [6, 6.07) is 22.2. The Bertz CT molecular complexity index is 1900. The molecule has 0 fully saturated rings. The van der Waals surface area contributed by atoms with E-state index in [1.165, 1.54) is 120 Å². The molecule has 4 aromatic carbocycles. The maximum absolute atomic E-state index is 12.9. The summed E-state index contributed by atoms with van der Waals surface area (Å²) in [5.74, 6) is 0.651. The van der Waals surface area contributed by atoms with Crippen molar-refractivity contribution in [1.82, 2.24) is 9.13 Å². The van der Waals surface area contributed by atoms with Crippen LogP contribution in [-0.2, 0) is 22.7 Å². The molecular formula is C46H58N2O2. The number of nitrogens with zero attached hydrogens (tertiary/aromatic N) is 2. The molecule has 0 spiro atoms. The van der Waals surface area contributed by atoms with Gasteiger partial charge >= 0.3 is 0 Å². The van der Waals surface area contributed by atoms with Gasteiger partial charge in [0, 0.05) is 47.0 Å². The van der Waals surface area contributed by atoms with Crippen LogP contribution in [0, 0.1) is 0 Å². The van der Waals surface area contributed by atoms with Crippen molar-refractivity contribution in [2.45, 2.75) is 143 Å². The van der Waals surface area contributed by atoms with Crippen molar-refractivity contribution < 1.29 is 9.59 Å². The van der Waals surface area contributed by atoms with E-state index in [2.05, 4.69) is 96.0 Å². The van der Waals surface area contributed by atoms with Crippen molar-refractivity contribution in [2.75, 3.05) is 0 Å². The van der Waals surface area contributed by atoms with E-state index < -0.39 is 0 Å². The topological polar surface area (TPSA) is 44.0 Å². The highest BCUT2D eigenvalue weighted by molar-refractivity contribution is 6.24. The van der Waals surface area contributed by atoms with Gasteiger partial charge in [-0.2, -0.15) is 0 Å². The predicted octanol–water partition coefficient (Wildman–Crippen LogP) is 13.3. The normalized spacial score (nSPS) is 12.0. The molecule has 2 heterocycles. The second kappa shape index (κ2) is 17.8. The molecule has 264 valence electrons. The molecule has 50 heavy (non-hydrogen) atoms. The maximum Gasteiger partial charge on any atom is 0.152 e. The van der Waals surface area contributed by atoms with Gasteiger partial charge in [0.2, 0.25) is 0 Å². The molecule has 0 aliphatic rings. The molecule has 4 heteroatoms. The van der Waals surface area contributed by atoms with Crippen molar-refractivity contribution in [3.8, 4) is 0 Å². The van der Waals surface area contributed by atoms with Crippen LogP contribution in [0.15, 0.2) is 73.1 Å². The minimum absolute atomic E-state index is 0.326. The van der Waals surface area contributed by atoms with Gasteiger partial charge in [-0.05, 0) is 69.4 Å². The lowest BCUT2D eigenvalue weighted by Crippen LogP contribution is -2.08. The highest BCUT2D eigenvalue weighted by atomic mass is 16.1. The first kappa shape index (κ1) is 35.9. The Labute approximate surface area is 299 Å². The summed E-state index contributed by atoms with van der Waals surface area (Å²) >= 11 is 0. The smallest absolute Gasteiger partial charge is 0.152 e. The van der Waals surface area contributed by atoms with Gasteiger partial charge in [0.15, 0.2) is 11.6 Å². The molecule has 0 atom stereocenters. The fourth-order valence-corrected chi connectivity index (χ4v) is 8.13. The predicted molar refractivity (Wildman–Crippen MR) is 214 cm³/mol. The van der Waals surface area contributed by atoms with E-state index >= 15 is 0 Å². The average Bonchev–Trinajstić information content (AvgIpc) is 3.74. The van der Waals surface area contributed by atoms with Gasteiger partial charge in [-0.15, -0.1) is 0 Å². The van der Waals surface area contributed by atoms with Crippen molar-refractivity contribution in [2.24, 2.45) is 0 Å². The van der Waals surface area contributed by atoms with Crippen LogP contribution in [0.1, 0.15) is 129 Å². The van der Waals surface area contributed by atoms with Crippen LogP contribution in [-0.4, -0.2) is 20.7 Å². The van der Waals surface area contributed by atoms with E-state index in [9.17, 15) is 9.59 Å². The van der Waals surface area contributed by atoms with E-state index in [1.807, 2.05) is 0 Å². The second-order valence-corrected chi connectivity index (χ2v) is 14.8. The summed E-state index contributed by atoms with van der Waals surface area (Å²) in [6.45, 7) is 5.41. The molecule has 0 saturated heterocycles. The Kier molecular flexibility index (Phi) is 12.8. The van der Waals surface area contributed by atoms with Gasteiger partial charge in [-0.25, -0.2) is 0 Å². The van der Waals surface area contributed by atoms with Gasteiger partial charge in [0.25, 0.3) is 0 Å². The lowest BCUT2D eigenvalue weighted by atomic mass is 9.94. The van der Waals surface area contributed by atoms with Gasteiger partial charge in [-0.3, -0.25) is 9.59 Å². The number of hydrogen-bond donors (Lipinski definition) is 0. The van der Waals surface area contributed by atoms with Crippen molar-refractivity contribution >= 4 is 65.7 Å². The summed E-state index contributed by atoms with van der Waals surface area (Å²) in [7, 11) is 0. The Morgan fingerprint density at radius 3 is 1.04 bits per heavy atom. The Morgan fingerprint density at radius 2 is 0.680 bits per heavy atom. The molecule has 6 aromatic rings. The molecule has 0 aliphatic carbocycles. The van der Waals surface area contributed by atoms with Gasteiger partial charge in [-0.1, -0.05) is 140 Å². The van der Waals surface area contributed by atoms with E-state index in [0.29, 0.717) is 37.5 Å². The van der Waals surface area contributed by atoms with E-state index in [4.69, 9.17) is 0 Å². The van der Waals surface area contributed by atoms with Crippen molar-refractivity contribution in [3.63, 3.8) is 0 Å². The SMILES string of the molecule is CCCCCCCCCCC(=O)Cn1ccc2c3ccc4c(ccc5c4ccc4c5ccn4CC(=O)CCCCCCCCCC)c3ccc21. The zero-order valence-corrected chi connectivity index (χ0v) is 30.8. The number of Topliss-reactive ketones (excluding diaryl/α,β-unsaturated/α-hetero) is 2. The standard InChI is InChI=1S/C46H58N2O2/c1-3-5-7-9-11-13-15-17-19-35(49)33-47-31-29-43-41-23-21-38-37(39(41)25-27-45(43)47)22-24-42-40(38)26-28-46-44(42)30-32-48(46)34-36(50)20-18-16-14-12-10-8-6-4-2/h21-32H,3-20,33-34H2,1-2H3. The summed E-state index contributed by atoms with van der Waals surface area (Å²) in [5, 5.41) is 9.83. The molecule has 4 nitrogen and oxygen atoms in total. The quantitative estimate of drug-likeness (QED) is 0.0533. The van der Waals surface area contributed by atoms with Gasteiger partial charge in [0.1, 0.15) is 0 Å². The van der Waals surface area contributed by atoms with Crippen molar-refractivity contribution in [3.05, 3.63) is 73.1 Å². The number of benzene rings is 4. The van der Waals surface area contributed by atoms with Crippen molar-refractivity contribution in [1.29, 1.82) is 0 Å². The summed E-state index contributed by atoms with van der Waals surface area (Å²) in [6.07, 6.45) is 25.5. The molecule has 2 aromatic heterocycles. The Morgan fingerprint density at radius 1 is 0.380 bits per heavy atom. The van der Waals surface area contributed by atoms with Crippen LogP contribution in [0.25, 0.3) is 54.1 Å². The number of fused-ring (bicyclic) bond motifs is 9. The molecule has 0 saturated carbocycles. The molecule has 0 radical (unpaired) electrons. The Balaban J connectivity index is 1.11. The van der Waals surface area contributed by atoms with Gasteiger partial charge < -0.3 is 9.13 Å². The number of carbonyl (C=O) groups is 2. The maximum atomic E-state index is 12.9. The third kappa shape index (κ3) is 8.50. The minimum Gasteiger partial charge on any atom is -0.340 e. The number of carbonyl (C=O) groups excluding carboxylic acids is 2. The lowest BCUT2D eigenvalue weighted by molar-refractivity contribution is -0.120. The number of ketones is 2. The molecule has 0 unspecified atom stereocenters. The van der Waals surface area contributed by atoms with Crippen LogP contribution in [0.4, 0.5) is 0 Å². The average molecular weight is 671 g/mol. The van der Waals surface area contributed by atoms with E-state index in [1.54, 1.807) is 0 Å². The summed E-state index contributed by atoms with van der Waals surface area (Å²) in [5.41, 5.74) is 2.25. The van der Waals surface area contributed by atoms with Crippen LogP contribution in [0.3, 0.4) is 0 Å². The minimum atomic E-state index is 0.326. The fraction of sp³-hybridized carbons (Fsp3) is 0.478. The summed E-state index contributed by atoms with van der Waals surface area (Å²) in [4.78, 5) is 25.8. The van der Waals surface area contributed by atoms with Crippen LogP contribution in [0.5, 0.6) is 0 Å². The first-order valence-electron chi connectivity index (χ1n) is 20.0. The first-order valence-corrected chi connectivity index (χ1v) is 20.0. The molecule has 6 rings (SSSR count). The highest BCUT2D eigenvalue weighted by Crippen LogP contribution is 2.37. The van der Waals surface area contributed by atoms with E-state index in [0.717, 1.165) is 36.7 Å². The largest absolute Gasteiger partial charge is 0.340 e. The van der Waals surface area contributed by atoms with Crippen LogP contribution < -0.4 is 0 Å². The monoisotopic (exact) mass is 670 g/mol. The molecular weight excluding hydrogens is 613 g/mol. The second-order valence-electron chi connectivity index (χ2n) is 14.8. The highest BCUT2D eigenvalue weighted by Gasteiger charge is 2.14.